The molecule has 70 valence electrons. The summed E-state index contributed by atoms with van der Waals surface area (Å²) in [7, 11) is 0. The van der Waals surface area contributed by atoms with Crippen molar-refractivity contribution in [2.24, 2.45) is 0 Å². The largest absolute Gasteiger partial charge is 0.198 e. The summed E-state index contributed by atoms with van der Waals surface area (Å²) >= 11 is 2.23. The molecule has 0 unspecified atom stereocenters. The predicted molar refractivity (Wildman–Crippen MR) is 62.4 cm³/mol. The Balaban J connectivity index is 2.84. The van der Waals surface area contributed by atoms with E-state index in [4.69, 9.17) is 10.5 Å². The first-order valence-electron chi connectivity index (χ1n) is 4.27. The van der Waals surface area contributed by atoms with Gasteiger partial charge in [-0.15, -0.1) is 0 Å². The van der Waals surface area contributed by atoms with E-state index in [9.17, 15) is 0 Å². The predicted octanol–water partition coefficient (Wildman–Crippen LogP) is 3.20. The Morgan fingerprint density at radius 2 is 1.57 bits per heavy atom. The van der Waals surface area contributed by atoms with Crippen molar-refractivity contribution in [2.45, 2.75) is 18.8 Å². The van der Waals surface area contributed by atoms with Crippen LogP contribution >= 0.6 is 22.6 Å². The van der Waals surface area contributed by atoms with Gasteiger partial charge < -0.3 is 0 Å². The number of rotatable bonds is 3. The third-order valence-electron chi connectivity index (χ3n) is 2.02. The average Bonchev–Trinajstić information content (AvgIpc) is 2.19. The van der Waals surface area contributed by atoms with Crippen molar-refractivity contribution in [2.75, 3.05) is 0 Å². The quantitative estimate of drug-likeness (QED) is 0.804. The lowest BCUT2D eigenvalue weighted by molar-refractivity contribution is 0.726. The Morgan fingerprint density at radius 3 is 2.00 bits per heavy atom. The maximum absolute atomic E-state index is 8.62. The molecule has 0 saturated heterocycles. The van der Waals surface area contributed by atoms with Crippen LogP contribution in [0.1, 0.15) is 24.3 Å². The monoisotopic (exact) mass is 296 g/mol. The van der Waals surface area contributed by atoms with Crippen LogP contribution in [0.15, 0.2) is 24.3 Å². The molecule has 0 aliphatic carbocycles. The smallest absolute Gasteiger partial charge is 0.0628 e. The number of benzene rings is 1. The van der Waals surface area contributed by atoms with Gasteiger partial charge in [0.05, 0.1) is 12.1 Å². The Morgan fingerprint density at radius 1 is 1.07 bits per heavy atom. The van der Waals surface area contributed by atoms with E-state index >= 15 is 0 Å². The van der Waals surface area contributed by atoms with Crippen molar-refractivity contribution in [3.05, 3.63) is 33.4 Å². The van der Waals surface area contributed by atoms with Crippen molar-refractivity contribution in [1.82, 2.24) is 0 Å². The molecule has 14 heavy (non-hydrogen) atoms. The lowest BCUT2D eigenvalue weighted by Gasteiger charge is -2.09. The SMILES string of the molecule is N#CCC(CC#N)c1ccc(I)cc1. The average molecular weight is 296 g/mol. The van der Waals surface area contributed by atoms with Crippen LogP contribution in [0.5, 0.6) is 0 Å². The van der Waals surface area contributed by atoms with Gasteiger partial charge in [0.1, 0.15) is 0 Å². The number of hydrogen-bond donors (Lipinski definition) is 0. The van der Waals surface area contributed by atoms with E-state index in [0.29, 0.717) is 12.8 Å². The first-order chi connectivity index (χ1) is 6.77. The molecule has 0 saturated carbocycles. The second-order valence-corrected chi connectivity index (χ2v) is 4.22. The molecule has 0 fully saturated rings. The number of nitriles is 2. The van der Waals surface area contributed by atoms with E-state index < -0.39 is 0 Å². The first kappa shape index (κ1) is 11.0. The minimum atomic E-state index is 0.0574. The van der Waals surface area contributed by atoms with E-state index in [1.165, 1.54) is 3.57 Å². The zero-order valence-electron chi connectivity index (χ0n) is 7.57. The summed E-state index contributed by atoms with van der Waals surface area (Å²) in [5.74, 6) is 0.0574. The molecule has 0 N–H and O–H groups in total. The zero-order valence-corrected chi connectivity index (χ0v) is 9.73. The third-order valence-corrected chi connectivity index (χ3v) is 2.74. The summed E-state index contributed by atoms with van der Waals surface area (Å²) in [5, 5.41) is 17.2. The summed E-state index contributed by atoms with van der Waals surface area (Å²) in [6.07, 6.45) is 0.822. The highest BCUT2D eigenvalue weighted by atomic mass is 127. The molecule has 0 aromatic heterocycles. The fraction of sp³-hybridized carbons (Fsp3) is 0.273. The molecule has 1 rings (SSSR count). The molecular formula is C11H9IN2. The fourth-order valence-corrected chi connectivity index (χ4v) is 1.62. The lowest BCUT2D eigenvalue weighted by atomic mass is 9.94. The molecule has 3 heteroatoms. The first-order valence-corrected chi connectivity index (χ1v) is 5.35. The molecule has 1 aromatic carbocycles. The fourth-order valence-electron chi connectivity index (χ4n) is 1.26. The van der Waals surface area contributed by atoms with Gasteiger partial charge in [-0.05, 0) is 40.3 Å². The van der Waals surface area contributed by atoms with Crippen LogP contribution in [-0.2, 0) is 0 Å². The zero-order chi connectivity index (χ0) is 10.4. The van der Waals surface area contributed by atoms with E-state index in [-0.39, 0.29) is 5.92 Å². The molecule has 0 bridgehead atoms. The van der Waals surface area contributed by atoms with Crippen molar-refractivity contribution >= 4 is 22.6 Å². The second-order valence-electron chi connectivity index (χ2n) is 2.97. The third kappa shape index (κ3) is 3.01. The molecule has 2 nitrogen and oxygen atoms in total. The molecule has 1 aromatic rings. The van der Waals surface area contributed by atoms with Gasteiger partial charge in [-0.1, -0.05) is 12.1 Å². The van der Waals surface area contributed by atoms with E-state index in [1.807, 2.05) is 24.3 Å². The molecule has 0 amide bonds. The van der Waals surface area contributed by atoms with Gasteiger partial charge in [0.25, 0.3) is 0 Å². The number of hydrogen-bond acceptors (Lipinski definition) is 2. The van der Waals surface area contributed by atoms with Gasteiger partial charge in [0.15, 0.2) is 0 Å². The van der Waals surface area contributed by atoms with Gasteiger partial charge in [0, 0.05) is 22.3 Å². The van der Waals surface area contributed by atoms with Crippen LogP contribution in [-0.4, -0.2) is 0 Å². The molecule has 0 radical (unpaired) electrons. The molecular weight excluding hydrogens is 287 g/mol. The van der Waals surface area contributed by atoms with Crippen LogP contribution in [0.4, 0.5) is 0 Å². The van der Waals surface area contributed by atoms with Crippen LogP contribution in [0.3, 0.4) is 0 Å². The summed E-state index contributed by atoms with van der Waals surface area (Å²) in [6, 6.07) is 12.2. The van der Waals surface area contributed by atoms with Crippen LogP contribution in [0, 0.1) is 26.2 Å². The molecule has 0 atom stereocenters. The van der Waals surface area contributed by atoms with Gasteiger partial charge in [-0.25, -0.2) is 0 Å². The van der Waals surface area contributed by atoms with E-state index in [1.54, 1.807) is 0 Å². The van der Waals surface area contributed by atoms with Gasteiger partial charge in [0.2, 0.25) is 0 Å². The van der Waals surface area contributed by atoms with Crippen molar-refractivity contribution < 1.29 is 0 Å². The number of nitrogens with zero attached hydrogens (tertiary/aromatic N) is 2. The van der Waals surface area contributed by atoms with Crippen LogP contribution < -0.4 is 0 Å². The summed E-state index contributed by atoms with van der Waals surface area (Å²) in [4.78, 5) is 0. The minimum absolute atomic E-state index is 0.0574. The summed E-state index contributed by atoms with van der Waals surface area (Å²) in [6.45, 7) is 0. The summed E-state index contributed by atoms with van der Waals surface area (Å²) < 4.78 is 1.17. The molecule has 0 spiro atoms. The highest BCUT2D eigenvalue weighted by molar-refractivity contribution is 14.1. The lowest BCUT2D eigenvalue weighted by Crippen LogP contribution is -1.96. The van der Waals surface area contributed by atoms with Gasteiger partial charge >= 0.3 is 0 Å². The molecule has 0 heterocycles. The van der Waals surface area contributed by atoms with E-state index in [2.05, 4.69) is 34.7 Å². The van der Waals surface area contributed by atoms with Gasteiger partial charge in [-0.2, -0.15) is 10.5 Å². The Hall–Kier alpha value is -1.07. The standard InChI is InChI=1S/C11H9IN2/c12-11-3-1-9(2-4-11)10(5-7-13)6-8-14/h1-4,10H,5-6H2. The van der Waals surface area contributed by atoms with Crippen molar-refractivity contribution in [3.63, 3.8) is 0 Å². The summed E-state index contributed by atoms with van der Waals surface area (Å²) in [5.41, 5.74) is 1.08. The van der Waals surface area contributed by atoms with Gasteiger partial charge in [-0.3, -0.25) is 0 Å². The minimum Gasteiger partial charge on any atom is -0.198 e. The highest BCUT2D eigenvalue weighted by Gasteiger charge is 2.10. The normalized spacial score (nSPS) is 9.43. The van der Waals surface area contributed by atoms with Crippen molar-refractivity contribution in [1.29, 1.82) is 10.5 Å². The molecule has 0 aliphatic rings. The maximum atomic E-state index is 8.62. The molecule has 0 aliphatic heterocycles. The Labute approximate surface area is 97.3 Å². The Bertz CT molecular complexity index is 354. The number of halogens is 1. The topological polar surface area (TPSA) is 47.6 Å². The Kier molecular flexibility index (Phi) is 4.42. The highest BCUT2D eigenvalue weighted by Crippen LogP contribution is 2.23. The van der Waals surface area contributed by atoms with E-state index in [0.717, 1.165) is 5.56 Å². The maximum Gasteiger partial charge on any atom is 0.0628 e. The second kappa shape index (κ2) is 5.62. The van der Waals surface area contributed by atoms with Crippen LogP contribution in [0.25, 0.3) is 0 Å². The van der Waals surface area contributed by atoms with Crippen molar-refractivity contribution in [3.8, 4) is 12.1 Å². The van der Waals surface area contributed by atoms with Crippen LogP contribution in [0.2, 0.25) is 0 Å².